The van der Waals surface area contributed by atoms with Gasteiger partial charge < -0.3 is 11.1 Å². The Morgan fingerprint density at radius 2 is 1.74 bits per heavy atom. The third-order valence-electron chi connectivity index (χ3n) is 3.41. The molecule has 1 aromatic heterocycles. The molecular weight excluding hydrogens is 307 g/mol. The number of fused-ring (bicyclic) bond motifs is 1. The number of hydrogen-bond acceptors (Lipinski definition) is 2. The molecule has 4 nitrogen and oxygen atoms in total. The molecule has 3 rings (SSSR count). The molecule has 0 saturated heterocycles. The van der Waals surface area contributed by atoms with Crippen LogP contribution in [0.2, 0.25) is 0 Å². The molecule has 0 atom stereocenters. The monoisotopic (exact) mass is 319 g/mol. The Labute approximate surface area is 129 Å². The second kappa shape index (κ2) is 5.35. The molecule has 118 valence electrons. The van der Waals surface area contributed by atoms with E-state index in [1.807, 2.05) is 0 Å². The van der Waals surface area contributed by atoms with E-state index in [0.29, 0.717) is 22.1 Å². The highest BCUT2D eigenvalue weighted by molar-refractivity contribution is 5.97. The number of nitrogens with zero attached hydrogens (tertiary/aromatic N) is 1. The van der Waals surface area contributed by atoms with Crippen molar-refractivity contribution in [3.05, 3.63) is 60.4 Å². The summed E-state index contributed by atoms with van der Waals surface area (Å²) < 4.78 is 39.3. The van der Waals surface area contributed by atoms with Crippen LogP contribution in [-0.4, -0.2) is 10.6 Å². The van der Waals surface area contributed by atoms with Gasteiger partial charge in [-0.25, -0.2) is 4.79 Å². The number of halogens is 3. The molecule has 0 unspecified atom stereocenters. The van der Waals surface area contributed by atoms with Crippen LogP contribution >= 0.6 is 0 Å². The Bertz CT molecular complexity index is 884. The highest BCUT2D eigenvalue weighted by Crippen LogP contribution is 2.31. The van der Waals surface area contributed by atoms with Gasteiger partial charge in [-0.2, -0.15) is 13.2 Å². The van der Waals surface area contributed by atoms with Gasteiger partial charge in [-0.3, -0.25) is 4.57 Å². The third kappa shape index (κ3) is 2.98. The highest BCUT2D eigenvalue weighted by atomic mass is 19.4. The van der Waals surface area contributed by atoms with Gasteiger partial charge >= 0.3 is 12.2 Å². The number of nitrogens with one attached hydrogen (secondary N) is 1. The number of anilines is 2. The van der Waals surface area contributed by atoms with Crippen molar-refractivity contribution in [3.63, 3.8) is 0 Å². The van der Waals surface area contributed by atoms with Crippen molar-refractivity contribution in [2.24, 2.45) is 0 Å². The average Bonchev–Trinajstić information content (AvgIpc) is 2.92. The molecule has 0 aliphatic carbocycles. The van der Waals surface area contributed by atoms with E-state index in [1.54, 1.807) is 24.3 Å². The Hall–Kier alpha value is -2.96. The predicted molar refractivity (Wildman–Crippen MR) is 82.2 cm³/mol. The highest BCUT2D eigenvalue weighted by Gasteiger charge is 2.30. The molecule has 3 aromatic rings. The number of nitrogens with two attached hydrogens (primary N) is 1. The van der Waals surface area contributed by atoms with Crippen LogP contribution in [0.25, 0.3) is 10.8 Å². The van der Waals surface area contributed by atoms with Gasteiger partial charge in [0.1, 0.15) is 0 Å². The maximum atomic E-state index is 12.7. The fourth-order valence-corrected chi connectivity index (χ4v) is 2.23. The molecule has 3 N–H and O–H groups in total. The van der Waals surface area contributed by atoms with E-state index in [4.69, 9.17) is 5.73 Å². The van der Waals surface area contributed by atoms with E-state index in [1.165, 1.54) is 23.0 Å². The third-order valence-corrected chi connectivity index (χ3v) is 3.41. The van der Waals surface area contributed by atoms with Crippen molar-refractivity contribution in [2.75, 3.05) is 11.1 Å². The van der Waals surface area contributed by atoms with E-state index in [-0.39, 0.29) is 0 Å². The van der Waals surface area contributed by atoms with Crippen LogP contribution < -0.4 is 11.1 Å². The molecule has 0 spiro atoms. The first-order valence-electron chi connectivity index (χ1n) is 6.69. The maximum absolute atomic E-state index is 12.7. The quantitative estimate of drug-likeness (QED) is 0.656. The van der Waals surface area contributed by atoms with Crippen LogP contribution in [0.5, 0.6) is 0 Å². The normalized spacial score (nSPS) is 11.6. The Morgan fingerprint density at radius 1 is 1.04 bits per heavy atom. The molecule has 23 heavy (non-hydrogen) atoms. The van der Waals surface area contributed by atoms with E-state index in [2.05, 4.69) is 5.32 Å². The lowest BCUT2D eigenvalue weighted by Gasteiger charge is -2.07. The Kier molecular flexibility index (Phi) is 3.48. The van der Waals surface area contributed by atoms with Gasteiger partial charge in [-0.05, 0) is 29.7 Å². The van der Waals surface area contributed by atoms with Gasteiger partial charge in [0.15, 0.2) is 0 Å². The van der Waals surface area contributed by atoms with Gasteiger partial charge in [0, 0.05) is 17.8 Å². The summed E-state index contributed by atoms with van der Waals surface area (Å²) >= 11 is 0. The number of hydrogen-bond donors (Lipinski definition) is 2. The SMILES string of the molecule is Nc1ccccc1NC(=O)n1cc2ccc(C(F)(F)F)cc2c1. The second-order valence-electron chi connectivity index (χ2n) is 5.02. The summed E-state index contributed by atoms with van der Waals surface area (Å²) in [6.45, 7) is 0. The number of alkyl halides is 3. The number of aromatic nitrogens is 1. The first kappa shape index (κ1) is 15.0. The Morgan fingerprint density at radius 3 is 2.43 bits per heavy atom. The lowest BCUT2D eigenvalue weighted by atomic mass is 10.1. The van der Waals surface area contributed by atoms with Gasteiger partial charge in [0.2, 0.25) is 0 Å². The summed E-state index contributed by atoms with van der Waals surface area (Å²) in [6, 6.07) is 9.54. The van der Waals surface area contributed by atoms with Crippen molar-refractivity contribution in [1.82, 2.24) is 4.57 Å². The molecule has 7 heteroatoms. The maximum Gasteiger partial charge on any atom is 0.416 e. The summed E-state index contributed by atoms with van der Waals surface area (Å²) in [6.07, 6.45) is -1.61. The van der Waals surface area contributed by atoms with Gasteiger partial charge in [-0.15, -0.1) is 0 Å². The molecule has 0 saturated carbocycles. The van der Waals surface area contributed by atoms with Crippen molar-refractivity contribution < 1.29 is 18.0 Å². The van der Waals surface area contributed by atoms with Gasteiger partial charge in [0.05, 0.1) is 16.9 Å². The van der Waals surface area contributed by atoms with Crippen molar-refractivity contribution in [1.29, 1.82) is 0 Å². The minimum atomic E-state index is -4.42. The minimum absolute atomic E-state index is 0.330. The van der Waals surface area contributed by atoms with Crippen molar-refractivity contribution in [3.8, 4) is 0 Å². The zero-order chi connectivity index (χ0) is 16.6. The first-order valence-corrected chi connectivity index (χ1v) is 6.69. The average molecular weight is 319 g/mol. The standard InChI is InChI=1S/C16H12F3N3O/c17-16(18,19)12-6-5-10-8-22(9-11(10)7-12)15(23)21-14-4-2-1-3-13(14)20/h1-9H,20H2,(H,21,23). The summed E-state index contributed by atoms with van der Waals surface area (Å²) in [5.74, 6) is 0. The molecule has 1 amide bonds. The number of carbonyl (C=O) groups is 1. The number of carbonyl (C=O) groups excluding carboxylic acids is 1. The summed E-state index contributed by atoms with van der Waals surface area (Å²) in [5, 5.41) is 3.48. The molecule has 2 aromatic carbocycles. The minimum Gasteiger partial charge on any atom is -0.397 e. The molecule has 0 aliphatic heterocycles. The van der Waals surface area contributed by atoms with E-state index < -0.39 is 17.8 Å². The first-order chi connectivity index (χ1) is 10.8. The van der Waals surface area contributed by atoms with Crippen molar-refractivity contribution >= 4 is 28.2 Å². The lowest BCUT2D eigenvalue weighted by molar-refractivity contribution is -0.137. The molecule has 0 radical (unpaired) electrons. The van der Waals surface area contributed by atoms with Gasteiger partial charge in [-0.1, -0.05) is 18.2 Å². The van der Waals surface area contributed by atoms with Crippen molar-refractivity contribution in [2.45, 2.75) is 6.18 Å². The number of rotatable bonds is 1. The lowest BCUT2D eigenvalue weighted by Crippen LogP contribution is -2.18. The molecule has 0 fully saturated rings. The number of para-hydroxylation sites is 2. The van der Waals surface area contributed by atoms with Crippen LogP contribution in [-0.2, 0) is 6.18 Å². The van der Waals surface area contributed by atoms with Gasteiger partial charge in [0.25, 0.3) is 0 Å². The Balaban J connectivity index is 1.91. The van der Waals surface area contributed by atoms with E-state index in [0.717, 1.165) is 12.1 Å². The fourth-order valence-electron chi connectivity index (χ4n) is 2.23. The second-order valence-corrected chi connectivity index (χ2v) is 5.02. The largest absolute Gasteiger partial charge is 0.416 e. The van der Waals surface area contributed by atoms with E-state index >= 15 is 0 Å². The molecule has 0 aliphatic rings. The molecule has 1 heterocycles. The summed E-state index contributed by atoms with van der Waals surface area (Å²) in [4.78, 5) is 12.2. The fraction of sp³-hybridized carbons (Fsp3) is 0.0625. The van der Waals surface area contributed by atoms with Crippen LogP contribution in [0, 0.1) is 0 Å². The summed E-state index contributed by atoms with van der Waals surface area (Å²) in [5.41, 5.74) is 5.82. The zero-order valence-corrected chi connectivity index (χ0v) is 11.8. The topological polar surface area (TPSA) is 60.0 Å². The van der Waals surface area contributed by atoms with Crippen LogP contribution in [0.3, 0.4) is 0 Å². The van der Waals surface area contributed by atoms with Crippen LogP contribution in [0.4, 0.5) is 29.3 Å². The van der Waals surface area contributed by atoms with Crippen LogP contribution in [0.1, 0.15) is 5.56 Å². The van der Waals surface area contributed by atoms with E-state index in [9.17, 15) is 18.0 Å². The zero-order valence-electron chi connectivity index (χ0n) is 11.8. The number of nitrogen functional groups attached to an aromatic ring is 1. The number of benzene rings is 2. The molecular formula is C16H12F3N3O. The summed E-state index contributed by atoms with van der Waals surface area (Å²) in [7, 11) is 0. The smallest absolute Gasteiger partial charge is 0.397 e. The van der Waals surface area contributed by atoms with Crippen LogP contribution in [0.15, 0.2) is 54.9 Å². The molecule has 0 bridgehead atoms. The predicted octanol–water partition coefficient (Wildman–Crippen LogP) is 4.32. The number of amides is 1.